The third-order valence-corrected chi connectivity index (χ3v) is 5.46. The fourth-order valence-electron chi connectivity index (χ4n) is 2.54. The van der Waals surface area contributed by atoms with Gasteiger partial charge in [-0.15, -0.1) is 0 Å². The van der Waals surface area contributed by atoms with E-state index in [1.807, 2.05) is 0 Å². The highest BCUT2D eigenvalue weighted by molar-refractivity contribution is 7.89. The Morgan fingerprint density at radius 2 is 2.14 bits per heavy atom. The van der Waals surface area contributed by atoms with Gasteiger partial charge in [-0.05, 0) is 25.0 Å². The first-order chi connectivity index (χ1) is 9.89. The number of hydrogen-bond acceptors (Lipinski definition) is 4. The Balaban J connectivity index is 2.05. The number of alkyl halides is 2. The highest BCUT2D eigenvalue weighted by Crippen LogP contribution is 2.30. The largest absolute Gasteiger partial charge is 0.417 e. The predicted molar refractivity (Wildman–Crippen MR) is 69.8 cm³/mol. The van der Waals surface area contributed by atoms with Gasteiger partial charge in [0.2, 0.25) is 10.0 Å². The van der Waals surface area contributed by atoms with Crippen LogP contribution in [0.25, 0.3) is 11.1 Å². The minimum absolute atomic E-state index is 0.0620. The van der Waals surface area contributed by atoms with Crippen LogP contribution in [0.15, 0.2) is 32.3 Å². The van der Waals surface area contributed by atoms with E-state index in [2.05, 4.69) is 4.98 Å². The van der Waals surface area contributed by atoms with Crippen LogP contribution in [-0.4, -0.2) is 36.7 Å². The number of H-pyrrole nitrogens is 1. The first-order valence-corrected chi connectivity index (χ1v) is 7.76. The van der Waals surface area contributed by atoms with Gasteiger partial charge in [-0.25, -0.2) is 22.0 Å². The van der Waals surface area contributed by atoms with Crippen molar-refractivity contribution in [2.45, 2.75) is 30.2 Å². The van der Waals surface area contributed by atoms with Crippen molar-refractivity contribution in [2.75, 3.05) is 6.54 Å². The summed E-state index contributed by atoms with van der Waals surface area (Å²) in [6, 6.07) is 2.51. The number of aromatic amines is 1. The molecule has 1 N–H and O–H groups in total. The average molecular weight is 318 g/mol. The lowest BCUT2D eigenvalue weighted by Gasteiger charge is -2.23. The highest BCUT2D eigenvalue weighted by Gasteiger charge is 2.40. The Bertz CT molecular complexity index is 827. The van der Waals surface area contributed by atoms with Gasteiger partial charge in [0.1, 0.15) is 0 Å². The number of sulfonamides is 1. The van der Waals surface area contributed by atoms with Crippen molar-refractivity contribution >= 4 is 21.1 Å². The van der Waals surface area contributed by atoms with Crippen LogP contribution in [0.1, 0.15) is 12.8 Å². The minimum Gasteiger partial charge on any atom is -0.408 e. The summed E-state index contributed by atoms with van der Waals surface area (Å²) in [5, 5.41) is 0. The van der Waals surface area contributed by atoms with Crippen molar-refractivity contribution in [1.82, 2.24) is 9.29 Å². The van der Waals surface area contributed by atoms with Gasteiger partial charge in [-0.2, -0.15) is 4.31 Å². The zero-order valence-electron chi connectivity index (χ0n) is 10.8. The van der Waals surface area contributed by atoms with Crippen LogP contribution in [0.2, 0.25) is 0 Å². The molecule has 0 aliphatic carbocycles. The van der Waals surface area contributed by atoms with Gasteiger partial charge in [0.15, 0.2) is 5.58 Å². The van der Waals surface area contributed by atoms with E-state index in [9.17, 15) is 22.0 Å². The Hall–Kier alpha value is -1.74. The summed E-state index contributed by atoms with van der Waals surface area (Å²) in [6.07, 6.45) is -2.19. The molecular weight excluding hydrogens is 306 g/mol. The number of hydrogen-bond donors (Lipinski definition) is 1. The molecule has 0 unspecified atom stereocenters. The molecule has 0 amide bonds. The highest BCUT2D eigenvalue weighted by atomic mass is 32.2. The molecule has 6 nitrogen and oxygen atoms in total. The maximum atomic E-state index is 12.9. The number of halogens is 2. The van der Waals surface area contributed by atoms with Crippen molar-refractivity contribution in [2.24, 2.45) is 0 Å². The molecule has 1 aromatic carbocycles. The second-order valence-corrected chi connectivity index (χ2v) is 6.72. The monoisotopic (exact) mass is 318 g/mol. The minimum atomic E-state index is -4.04. The molecule has 1 aromatic heterocycles. The Labute approximate surface area is 118 Å². The van der Waals surface area contributed by atoms with Crippen LogP contribution in [-0.2, 0) is 10.0 Å². The van der Waals surface area contributed by atoms with Gasteiger partial charge < -0.3 is 4.42 Å². The lowest BCUT2D eigenvalue weighted by atomic mass is 10.2. The molecule has 1 aliphatic heterocycles. The maximum absolute atomic E-state index is 12.9. The third kappa shape index (κ3) is 2.36. The molecular formula is C12H12F2N2O4S. The third-order valence-electron chi connectivity index (χ3n) is 3.54. The van der Waals surface area contributed by atoms with Crippen LogP contribution in [0.4, 0.5) is 8.78 Å². The summed E-state index contributed by atoms with van der Waals surface area (Å²) < 4.78 is 56.4. The van der Waals surface area contributed by atoms with E-state index in [1.54, 1.807) is 0 Å². The molecule has 21 heavy (non-hydrogen) atoms. The summed E-state index contributed by atoms with van der Waals surface area (Å²) in [5.74, 6) is -0.703. The van der Waals surface area contributed by atoms with Gasteiger partial charge in [-0.3, -0.25) is 4.98 Å². The lowest BCUT2D eigenvalue weighted by Crippen LogP contribution is -2.39. The standard InChI is InChI=1S/C12H12F2N2O4S/c13-11(14)9-2-1-5-16(9)21(18,19)7-3-4-8-10(6-7)20-12(17)15-8/h3-4,6,9,11H,1-2,5H2,(H,15,17)/t9-/m1/s1. The van der Waals surface area contributed by atoms with Crippen LogP contribution in [0, 0.1) is 0 Å². The number of fused-ring (bicyclic) bond motifs is 1. The Morgan fingerprint density at radius 3 is 2.86 bits per heavy atom. The topological polar surface area (TPSA) is 83.4 Å². The van der Waals surface area contributed by atoms with Gasteiger partial charge in [0.25, 0.3) is 6.43 Å². The van der Waals surface area contributed by atoms with Crippen LogP contribution < -0.4 is 5.76 Å². The molecule has 0 bridgehead atoms. The first kappa shape index (κ1) is 14.2. The zero-order chi connectivity index (χ0) is 15.2. The summed E-state index contributed by atoms with van der Waals surface area (Å²) >= 11 is 0. The summed E-state index contributed by atoms with van der Waals surface area (Å²) in [7, 11) is -4.04. The smallest absolute Gasteiger partial charge is 0.408 e. The van der Waals surface area contributed by atoms with Gasteiger partial charge in [-0.1, -0.05) is 0 Å². The van der Waals surface area contributed by atoms with E-state index in [0.29, 0.717) is 11.9 Å². The molecule has 114 valence electrons. The molecule has 1 saturated heterocycles. The fourth-order valence-corrected chi connectivity index (χ4v) is 4.23. The molecule has 0 spiro atoms. The van der Waals surface area contributed by atoms with Crippen LogP contribution in [0.5, 0.6) is 0 Å². The van der Waals surface area contributed by atoms with E-state index in [0.717, 1.165) is 4.31 Å². The zero-order valence-corrected chi connectivity index (χ0v) is 11.6. The first-order valence-electron chi connectivity index (χ1n) is 6.32. The fraction of sp³-hybridized carbons (Fsp3) is 0.417. The van der Waals surface area contributed by atoms with Gasteiger partial charge >= 0.3 is 5.76 Å². The number of benzene rings is 1. The molecule has 3 rings (SSSR count). The van der Waals surface area contributed by atoms with Crippen LogP contribution >= 0.6 is 0 Å². The lowest BCUT2D eigenvalue weighted by molar-refractivity contribution is 0.0784. The average Bonchev–Trinajstić information content (AvgIpc) is 3.02. The van der Waals surface area contributed by atoms with E-state index >= 15 is 0 Å². The quantitative estimate of drug-likeness (QED) is 0.930. The van der Waals surface area contributed by atoms with Crippen molar-refractivity contribution in [3.05, 3.63) is 28.7 Å². The van der Waals surface area contributed by atoms with E-state index < -0.39 is 28.2 Å². The SMILES string of the molecule is O=c1[nH]c2ccc(S(=O)(=O)N3CCC[C@@H]3C(F)F)cc2o1. The van der Waals surface area contributed by atoms with Gasteiger partial charge in [0, 0.05) is 12.6 Å². The second kappa shape index (κ2) is 4.92. The van der Waals surface area contributed by atoms with Crippen molar-refractivity contribution < 1.29 is 21.6 Å². The van der Waals surface area contributed by atoms with Crippen LogP contribution in [0.3, 0.4) is 0 Å². The molecule has 0 saturated carbocycles. The number of nitrogens with one attached hydrogen (secondary N) is 1. The van der Waals surface area contributed by atoms with E-state index in [-0.39, 0.29) is 23.4 Å². The molecule has 0 radical (unpaired) electrons. The summed E-state index contributed by atoms with van der Waals surface area (Å²) in [5.41, 5.74) is 0.430. The number of oxazole rings is 1. The normalized spacial score (nSPS) is 20.6. The number of rotatable bonds is 3. The number of nitrogens with zero attached hydrogens (tertiary/aromatic N) is 1. The molecule has 1 aliphatic rings. The summed E-state index contributed by atoms with van der Waals surface area (Å²) in [6.45, 7) is 0.0620. The second-order valence-electron chi connectivity index (χ2n) is 4.83. The number of aromatic nitrogens is 1. The maximum Gasteiger partial charge on any atom is 0.417 e. The van der Waals surface area contributed by atoms with Crippen molar-refractivity contribution in [1.29, 1.82) is 0 Å². The molecule has 2 heterocycles. The van der Waals surface area contributed by atoms with E-state index in [1.165, 1.54) is 18.2 Å². The van der Waals surface area contributed by atoms with Gasteiger partial charge in [0.05, 0.1) is 16.5 Å². The van der Waals surface area contributed by atoms with Crippen molar-refractivity contribution in [3.63, 3.8) is 0 Å². The molecule has 2 aromatic rings. The Kier molecular flexibility index (Phi) is 3.33. The molecule has 9 heteroatoms. The Morgan fingerprint density at radius 1 is 1.38 bits per heavy atom. The predicted octanol–water partition coefficient (Wildman–Crippen LogP) is 1.54. The van der Waals surface area contributed by atoms with E-state index in [4.69, 9.17) is 4.42 Å². The van der Waals surface area contributed by atoms with Crippen molar-refractivity contribution in [3.8, 4) is 0 Å². The molecule has 1 atom stereocenters. The summed E-state index contributed by atoms with van der Waals surface area (Å²) in [4.78, 5) is 13.3. The molecule has 1 fully saturated rings.